The van der Waals surface area contributed by atoms with E-state index in [2.05, 4.69) is 0 Å². The zero-order valence-corrected chi connectivity index (χ0v) is 10.4. The predicted molar refractivity (Wildman–Crippen MR) is 63.4 cm³/mol. The highest BCUT2D eigenvalue weighted by Gasteiger charge is 2.48. The zero-order valence-electron chi connectivity index (χ0n) is 9.67. The van der Waals surface area contributed by atoms with Crippen molar-refractivity contribution in [3.05, 3.63) is 34.9 Å². The van der Waals surface area contributed by atoms with Crippen molar-refractivity contribution in [2.24, 2.45) is 5.92 Å². The lowest BCUT2D eigenvalue weighted by Crippen LogP contribution is -2.38. The molecule has 0 spiro atoms. The van der Waals surface area contributed by atoms with Gasteiger partial charge in [0.05, 0.1) is 11.5 Å². The van der Waals surface area contributed by atoms with Crippen LogP contribution < -0.4 is 0 Å². The Labute approximate surface area is 109 Å². The van der Waals surface area contributed by atoms with Crippen LogP contribution in [-0.2, 0) is 5.60 Å². The highest BCUT2D eigenvalue weighted by molar-refractivity contribution is 6.31. The van der Waals surface area contributed by atoms with E-state index in [1.165, 1.54) is 0 Å². The molecule has 18 heavy (non-hydrogen) atoms. The summed E-state index contributed by atoms with van der Waals surface area (Å²) in [6, 6.07) is 6.56. The van der Waals surface area contributed by atoms with Crippen molar-refractivity contribution in [3.63, 3.8) is 0 Å². The summed E-state index contributed by atoms with van der Waals surface area (Å²) >= 11 is 5.97. The molecule has 1 aliphatic rings. The maximum absolute atomic E-state index is 12.8. The molecule has 1 aromatic carbocycles. The summed E-state index contributed by atoms with van der Waals surface area (Å²) in [5.41, 5.74) is -1.06. The fraction of sp³-hybridized carbons (Fsp3) is 0.538. The van der Waals surface area contributed by atoms with Crippen LogP contribution in [0.1, 0.15) is 31.2 Å². The van der Waals surface area contributed by atoms with Crippen molar-refractivity contribution in [2.45, 2.75) is 37.5 Å². The van der Waals surface area contributed by atoms with Crippen molar-refractivity contribution < 1.29 is 18.3 Å². The molecule has 1 aliphatic carbocycles. The lowest BCUT2D eigenvalue weighted by Gasteiger charge is -2.38. The average molecular weight is 279 g/mol. The van der Waals surface area contributed by atoms with Crippen LogP contribution in [0, 0.1) is 5.92 Å². The summed E-state index contributed by atoms with van der Waals surface area (Å²) in [5.74, 6) is -1.45. The lowest BCUT2D eigenvalue weighted by molar-refractivity contribution is -0.201. The summed E-state index contributed by atoms with van der Waals surface area (Å²) in [6.45, 7) is 0. The molecule has 0 amide bonds. The zero-order chi connectivity index (χ0) is 13.4. The van der Waals surface area contributed by atoms with Crippen molar-refractivity contribution in [1.82, 2.24) is 0 Å². The molecule has 0 bridgehead atoms. The van der Waals surface area contributed by atoms with Crippen LogP contribution in [0.5, 0.6) is 0 Å². The third kappa shape index (κ3) is 2.64. The highest BCUT2D eigenvalue weighted by Crippen LogP contribution is 2.47. The second kappa shape index (κ2) is 4.74. The molecule has 0 saturated heterocycles. The molecule has 0 radical (unpaired) electrons. The van der Waals surface area contributed by atoms with Gasteiger partial charge >= 0.3 is 6.18 Å². The molecule has 1 N–H and O–H groups in total. The van der Waals surface area contributed by atoms with E-state index in [0.717, 1.165) is 0 Å². The van der Waals surface area contributed by atoms with Gasteiger partial charge in [-0.25, -0.2) is 0 Å². The van der Waals surface area contributed by atoms with E-state index in [1.54, 1.807) is 24.3 Å². The molecule has 100 valence electrons. The molecule has 0 aliphatic heterocycles. The van der Waals surface area contributed by atoms with Gasteiger partial charge in [0.2, 0.25) is 0 Å². The Balaban J connectivity index is 2.29. The second-order valence-corrected chi connectivity index (χ2v) is 5.25. The summed E-state index contributed by atoms with van der Waals surface area (Å²) in [5, 5.41) is 10.8. The summed E-state index contributed by atoms with van der Waals surface area (Å²) in [6.07, 6.45) is -3.80. The second-order valence-electron chi connectivity index (χ2n) is 4.85. The standard InChI is InChI=1S/C13H14ClF3O/c14-11-6-2-1-5-10(11)12(18)7-3-4-9(8-12)13(15,16)17/h1-2,5-6,9,18H,3-4,7-8H2. The number of rotatable bonds is 1. The molecule has 0 heterocycles. The molecule has 1 saturated carbocycles. The van der Waals surface area contributed by atoms with Crippen LogP contribution >= 0.6 is 11.6 Å². The van der Waals surface area contributed by atoms with Gasteiger partial charge in [0.1, 0.15) is 0 Å². The van der Waals surface area contributed by atoms with E-state index in [-0.39, 0.29) is 12.8 Å². The van der Waals surface area contributed by atoms with Gasteiger partial charge in [-0.2, -0.15) is 13.2 Å². The lowest BCUT2D eigenvalue weighted by atomic mass is 9.74. The number of halogens is 4. The molecule has 1 aromatic rings. The normalized spacial score (nSPS) is 29.3. The summed E-state index contributed by atoms with van der Waals surface area (Å²) < 4.78 is 38.3. The summed E-state index contributed by atoms with van der Waals surface area (Å²) in [7, 11) is 0. The topological polar surface area (TPSA) is 20.2 Å². The van der Waals surface area contributed by atoms with Gasteiger partial charge < -0.3 is 5.11 Å². The predicted octanol–water partition coefficient (Wildman–Crippen LogP) is 4.28. The fourth-order valence-corrected chi connectivity index (χ4v) is 2.93. The molecule has 2 unspecified atom stereocenters. The Morgan fingerprint density at radius 1 is 1.28 bits per heavy atom. The first-order valence-corrected chi connectivity index (χ1v) is 6.25. The van der Waals surface area contributed by atoms with Crippen LogP contribution in [0.4, 0.5) is 13.2 Å². The minimum Gasteiger partial charge on any atom is -0.385 e. The van der Waals surface area contributed by atoms with Crippen molar-refractivity contribution in [1.29, 1.82) is 0 Å². The third-order valence-electron chi connectivity index (χ3n) is 3.57. The van der Waals surface area contributed by atoms with Crippen molar-refractivity contribution in [2.75, 3.05) is 0 Å². The molecule has 2 rings (SSSR count). The van der Waals surface area contributed by atoms with Gasteiger partial charge in [-0.15, -0.1) is 0 Å². The van der Waals surface area contributed by atoms with Crippen LogP contribution in [0.2, 0.25) is 5.02 Å². The van der Waals surface area contributed by atoms with Crippen molar-refractivity contribution >= 4 is 11.6 Å². The van der Waals surface area contributed by atoms with Gasteiger partial charge in [0.15, 0.2) is 0 Å². The molecule has 2 atom stereocenters. The monoisotopic (exact) mass is 278 g/mol. The van der Waals surface area contributed by atoms with Crippen LogP contribution in [0.3, 0.4) is 0 Å². The highest BCUT2D eigenvalue weighted by atomic mass is 35.5. The van der Waals surface area contributed by atoms with E-state index in [0.29, 0.717) is 23.4 Å². The Hall–Kier alpha value is -0.740. The van der Waals surface area contributed by atoms with E-state index in [4.69, 9.17) is 11.6 Å². The minimum atomic E-state index is -4.25. The smallest absolute Gasteiger partial charge is 0.385 e. The molecular weight excluding hydrogens is 265 g/mol. The Morgan fingerprint density at radius 2 is 1.94 bits per heavy atom. The largest absolute Gasteiger partial charge is 0.391 e. The number of alkyl halides is 3. The van der Waals surface area contributed by atoms with Gasteiger partial charge in [-0.1, -0.05) is 29.8 Å². The number of benzene rings is 1. The number of hydrogen-bond acceptors (Lipinski definition) is 1. The maximum atomic E-state index is 12.8. The fourth-order valence-electron chi connectivity index (χ4n) is 2.62. The Kier molecular flexibility index (Phi) is 3.60. The van der Waals surface area contributed by atoms with Crippen molar-refractivity contribution in [3.8, 4) is 0 Å². The van der Waals surface area contributed by atoms with E-state index >= 15 is 0 Å². The van der Waals surface area contributed by atoms with E-state index < -0.39 is 17.7 Å². The Bertz CT molecular complexity index is 432. The number of aliphatic hydroxyl groups is 1. The first-order chi connectivity index (χ1) is 8.33. The minimum absolute atomic E-state index is 0.0796. The maximum Gasteiger partial charge on any atom is 0.391 e. The van der Waals surface area contributed by atoms with Crippen LogP contribution in [0.15, 0.2) is 24.3 Å². The van der Waals surface area contributed by atoms with Gasteiger partial charge in [-0.05, 0) is 31.7 Å². The van der Waals surface area contributed by atoms with Gasteiger partial charge in [-0.3, -0.25) is 0 Å². The molecule has 1 nitrogen and oxygen atoms in total. The number of hydrogen-bond donors (Lipinski definition) is 1. The molecule has 5 heteroatoms. The van der Waals surface area contributed by atoms with Crippen LogP contribution in [-0.4, -0.2) is 11.3 Å². The quantitative estimate of drug-likeness (QED) is 0.813. The SMILES string of the molecule is OC1(c2ccccc2Cl)CCCC(C(F)(F)F)C1. The van der Waals surface area contributed by atoms with E-state index in [9.17, 15) is 18.3 Å². The molecular formula is C13H14ClF3O. The average Bonchev–Trinajstić information content (AvgIpc) is 2.28. The molecule has 0 aromatic heterocycles. The van der Waals surface area contributed by atoms with Gasteiger partial charge in [0, 0.05) is 10.6 Å². The van der Waals surface area contributed by atoms with E-state index in [1.807, 2.05) is 0 Å². The van der Waals surface area contributed by atoms with Crippen LogP contribution in [0.25, 0.3) is 0 Å². The first kappa shape index (κ1) is 13.7. The first-order valence-electron chi connectivity index (χ1n) is 5.87. The Morgan fingerprint density at radius 3 is 2.56 bits per heavy atom. The molecule has 1 fully saturated rings. The summed E-state index contributed by atoms with van der Waals surface area (Å²) in [4.78, 5) is 0. The third-order valence-corrected chi connectivity index (χ3v) is 3.89. The van der Waals surface area contributed by atoms with Gasteiger partial charge in [0.25, 0.3) is 0 Å².